The molecule has 3 aromatic rings. The number of aromatic amines is 1. The molecule has 1 aromatic heterocycles. The maximum absolute atomic E-state index is 11.0. The Labute approximate surface area is 126 Å². The van der Waals surface area contributed by atoms with Crippen molar-refractivity contribution >= 4 is 22.5 Å². The number of hydrogen-bond acceptors (Lipinski definition) is 3. The number of carbonyl (C=O) groups excluding carboxylic acids is 2. The molecule has 2 aromatic carbocycles. The molecule has 4 heteroatoms. The first-order valence-electron chi connectivity index (χ1n) is 6.88. The summed E-state index contributed by atoms with van der Waals surface area (Å²) in [6, 6.07) is 18.2. The van der Waals surface area contributed by atoms with Crippen molar-refractivity contribution in [1.82, 2.24) is 4.98 Å². The minimum Gasteiger partial charge on any atom is -0.322 e. The zero-order chi connectivity index (χ0) is 15.5. The van der Waals surface area contributed by atoms with Crippen LogP contribution in [0.1, 0.15) is 15.9 Å². The van der Waals surface area contributed by atoms with E-state index in [4.69, 9.17) is 0 Å². The van der Waals surface area contributed by atoms with Crippen LogP contribution in [0.5, 0.6) is 0 Å². The smallest absolute Gasteiger partial charge is 0.248 e. The molecule has 1 N–H and O–H groups in total. The zero-order valence-electron chi connectivity index (χ0n) is 11.7. The lowest BCUT2D eigenvalue weighted by atomic mass is 10.1. The Morgan fingerprint density at radius 1 is 0.773 bits per heavy atom. The molecule has 1 aliphatic rings. The van der Waals surface area contributed by atoms with Crippen molar-refractivity contribution in [3.8, 4) is 0 Å². The summed E-state index contributed by atoms with van der Waals surface area (Å²) in [5, 5.41) is 1.06. The number of hydrogen-bond donors (Lipinski definition) is 1. The standard InChI is InChI=1S/C9H7NO.C9H6O2/c11-9-6-5-7-3-1-2-4-8(7)10-9;10-8-5-6-3-1-2-4-7(6)9(8)11/h1-6H,(H,10,11);1-4H,5H2. The second-order valence-corrected chi connectivity index (χ2v) is 5.00. The fraction of sp³-hybridized carbons (Fsp3) is 0.0556. The molecular formula is C18H13NO3. The van der Waals surface area contributed by atoms with Gasteiger partial charge < -0.3 is 4.98 Å². The van der Waals surface area contributed by atoms with Crippen molar-refractivity contribution in [1.29, 1.82) is 0 Å². The van der Waals surface area contributed by atoms with Gasteiger partial charge in [0.05, 0.1) is 0 Å². The van der Waals surface area contributed by atoms with Gasteiger partial charge in [-0.05, 0) is 23.1 Å². The van der Waals surface area contributed by atoms with Crippen molar-refractivity contribution in [3.63, 3.8) is 0 Å². The van der Waals surface area contributed by atoms with Crippen LogP contribution in [-0.2, 0) is 11.2 Å². The highest BCUT2D eigenvalue weighted by Gasteiger charge is 2.26. The number of Topliss-reactive ketones (excluding diaryl/α,β-unsaturated/α-hetero) is 2. The van der Waals surface area contributed by atoms with Gasteiger partial charge in [-0.2, -0.15) is 0 Å². The molecule has 22 heavy (non-hydrogen) atoms. The number of H-pyrrole nitrogens is 1. The lowest BCUT2D eigenvalue weighted by Crippen LogP contribution is -2.05. The Bertz CT molecular complexity index is 925. The molecule has 0 fully saturated rings. The summed E-state index contributed by atoms with van der Waals surface area (Å²) in [5.41, 5.74) is 2.28. The second-order valence-electron chi connectivity index (χ2n) is 5.00. The van der Waals surface area contributed by atoms with Crippen molar-refractivity contribution in [2.45, 2.75) is 6.42 Å². The summed E-state index contributed by atoms with van der Waals surface area (Å²) < 4.78 is 0. The van der Waals surface area contributed by atoms with Crippen molar-refractivity contribution in [2.75, 3.05) is 0 Å². The molecule has 1 aliphatic carbocycles. The first-order valence-corrected chi connectivity index (χ1v) is 6.88. The first-order chi connectivity index (χ1) is 10.6. The fourth-order valence-electron chi connectivity index (χ4n) is 2.40. The van der Waals surface area contributed by atoms with E-state index in [-0.39, 0.29) is 23.5 Å². The predicted molar refractivity (Wildman–Crippen MR) is 84.1 cm³/mol. The quantitative estimate of drug-likeness (QED) is 0.647. The van der Waals surface area contributed by atoms with Gasteiger partial charge >= 0.3 is 0 Å². The summed E-state index contributed by atoms with van der Waals surface area (Å²) >= 11 is 0. The fourth-order valence-corrected chi connectivity index (χ4v) is 2.40. The van der Waals surface area contributed by atoms with Crippen molar-refractivity contribution in [3.05, 3.63) is 82.1 Å². The van der Waals surface area contributed by atoms with Crippen LogP contribution >= 0.6 is 0 Å². The van der Waals surface area contributed by atoms with E-state index >= 15 is 0 Å². The molecule has 108 valence electrons. The number of pyridine rings is 1. The van der Waals surface area contributed by atoms with Crippen LogP contribution in [0.25, 0.3) is 10.9 Å². The van der Waals surface area contributed by atoms with Crippen molar-refractivity contribution in [2.24, 2.45) is 0 Å². The van der Waals surface area contributed by atoms with Gasteiger partial charge in [0.25, 0.3) is 0 Å². The summed E-state index contributed by atoms with van der Waals surface area (Å²) in [7, 11) is 0. The van der Waals surface area contributed by atoms with Gasteiger partial charge in [-0.15, -0.1) is 0 Å². The van der Waals surface area contributed by atoms with E-state index < -0.39 is 0 Å². The monoisotopic (exact) mass is 291 g/mol. The molecule has 0 saturated carbocycles. The number of para-hydroxylation sites is 1. The maximum Gasteiger partial charge on any atom is 0.248 e. The molecule has 0 amide bonds. The molecule has 0 aliphatic heterocycles. The number of fused-ring (bicyclic) bond motifs is 2. The average Bonchev–Trinajstić information content (AvgIpc) is 2.83. The van der Waals surface area contributed by atoms with Crippen molar-refractivity contribution < 1.29 is 9.59 Å². The number of ketones is 2. The van der Waals surface area contributed by atoms with Crippen LogP contribution < -0.4 is 5.56 Å². The minimum atomic E-state index is -0.333. The highest BCUT2D eigenvalue weighted by Crippen LogP contribution is 2.18. The van der Waals surface area contributed by atoms with Gasteiger partial charge in [-0.25, -0.2) is 0 Å². The predicted octanol–water partition coefficient (Wildman–Crippen LogP) is 2.52. The van der Waals surface area contributed by atoms with Gasteiger partial charge in [0, 0.05) is 23.6 Å². The highest BCUT2D eigenvalue weighted by molar-refractivity contribution is 6.47. The zero-order valence-corrected chi connectivity index (χ0v) is 11.7. The summed E-state index contributed by atoms with van der Waals surface area (Å²) in [5.74, 6) is -0.619. The molecular weight excluding hydrogens is 278 g/mol. The topological polar surface area (TPSA) is 67.0 Å². The lowest BCUT2D eigenvalue weighted by Gasteiger charge is -1.93. The Morgan fingerprint density at radius 2 is 1.50 bits per heavy atom. The number of nitrogens with one attached hydrogen (secondary N) is 1. The lowest BCUT2D eigenvalue weighted by molar-refractivity contribution is -0.114. The van der Waals surface area contributed by atoms with E-state index in [1.54, 1.807) is 12.1 Å². The van der Waals surface area contributed by atoms with E-state index in [0.29, 0.717) is 5.56 Å². The number of rotatable bonds is 0. The molecule has 0 unspecified atom stereocenters. The molecule has 4 rings (SSSR count). The van der Waals surface area contributed by atoms with E-state index in [0.717, 1.165) is 16.5 Å². The van der Waals surface area contributed by atoms with E-state index in [1.165, 1.54) is 6.07 Å². The maximum atomic E-state index is 11.0. The normalized spacial score (nSPS) is 12.7. The molecule has 0 spiro atoms. The third kappa shape index (κ3) is 2.72. The van der Waals surface area contributed by atoms with Gasteiger partial charge in [0.2, 0.25) is 17.1 Å². The average molecular weight is 291 g/mol. The summed E-state index contributed by atoms with van der Waals surface area (Å²) in [4.78, 5) is 35.5. The van der Waals surface area contributed by atoms with Gasteiger partial charge in [0.15, 0.2) is 0 Å². The molecule has 0 atom stereocenters. The molecule has 0 saturated heterocycles. The number of aromatic nitrogens is 1. The summed E-state index contributed by atoms with van der Waals surface area (Å²) in [6.45, 7) is 0. The Morgan fingerprint density at radius 3 is 2.32 bits per heavy atom. The highest BCUT2D eigenvalue weighted by atomic mass is 16.2. The van der Waals surface area contributed by atoms with E-state index in [2.05, 4.69) is 4.98 Å². The Balaban J connectivity index is 0.000000131. The van der Waals surface area contributed by atoms with E-state index in [1.807, 2.05) is 42.5 Å². The molecule has 4 nitrogen and oxygen atoms in total. The van der Waals surface area contributed by atoms with Crippen LogP contribution in [0, 0.1) is 0 Å². The number of benzene rings is 2. The molecule has 1 heterocycles. The van der Waals surface area contributed by atoms with E-state index in [9.17, 15) is 14.4 Å². The van der Waals surface area contributed by atoms with Gasteiger partial charge in [0.1, 0.15) is 0 Å². The summed E-state index contributed by atoms with van der Waals surface area (Å²) in [6.07, 6.45) is 0.287. The van der Waals surface area contributed by atoms with Gasteiger partial charge in [-0.3, -0.25) is 14.4 Å². The number of carbonyl (C=O) groups is 2. The Hall–Kier alpha value is -3.01. The minimum absolute atomic E-state index is 0.0521. The van der Waals surface area contributed by atoms with Crippen LogP contribution in [0.3, 0.4) is 0 Å². The molecule has 0 bridgehead atoms. The van der Waals surface area contributed by atoms with Crippen LogP contribution in [0.2, 0.25) is 0 Å². The largest absolute Gasteiger partial charge is 0.322 e. The third-order valence-electron chi connectivity index (χ3n) is 3.50. The van der Waals surface area contributed by atoms with Crippen LogP contribution in [0.4, 0.5) is 0 Å². The first kappa shape index (κ1) is 13.9. The SMILES string of the molecule is O=C1Cc2ccccc2C1=O.O=c1ccc2ccccc2[nH]1. The molecule has 0 radical (unpaired) electrons. The Kier molecular flexibility index (Phi) is 3.66. The third-order valence-corrected chi connectivity index (χ3v) is 3.50. The van der Waals surface area contributed by atoms with Gasteiger partial charge in [-0.1, -0.05) is 42.5 Å². The van der Waals surface area contributed by atoms with Crippen LogP contribution in [0.15, 0.2) is 65.5 Å². The van der Waals surface area contributed by atoms with Crippen LogP contribution in [-0.4, -0.2) is 16.6 Å². The second kappa shape index (κ2) is 5.77.